The van der Waals surface area contributed by atoms with E-state index < -0.39 is 0 Å². The summed E-state index contributed by atoms with van der Waals surface area (Å²) in [6.07, 6.45) is 18.7. The standard InChI is InChI=1S/C22H38O2/c1-3-4-5-6-7-8-9-10-11-12-13-14-15-16-20-19-21(24-2)17-18-22(20)23/h17-19,23H,3-16H2,1-2H3. The summed E-state index contributed by atoms with van der Waals surface area (Å²) in [5.74, 6) is 1.23. The molecule has 2 nitrogen and oxygen atoms in total. The average molecular weight is 335 g/mol. The Morgan fingerprint density at radius 1 is 0.750 bits per heavy atom. The van der Waals surface area contributed by atoms with Gasteiger partial charge in [0.05, 0.1) is 7.11 Å². The van der Waals surface area contributed by atoms with E-state index in [1.54, 1.807) is 13.2 Å². The van der Waals surface area contributed by atoms with E-state index in [2.05, 4.69) is 6.92 Å². The van der Waals surface area contributed by atoms with Gasteiger partial charge in [0, 0.05) is 0 Å². The molecule has 1 aromatic carbocycles. The number of phenolic OH excluding ortho intramolecular Hbond substituents is 1. The lowest BCUT2D eigenvalue weighted by molar-refractivity contribution is 0.410. The second-order valence-electron chi connectivity index (χ2n) is 6.99. The van der Waals surface area contributed by atoms with Gasteiger partial charge in [-0.05, 0) is 36.6 Å². The van der Waals surface area contributed by atoms with Crippen LogP contribution in [0.15, 0.2) is 18.2 Å². The van der Waals surface area contributed by atoms with Gasteiger partial charge in [0.1, 0.15) is 11.5 Å². The number of aromatic hydroxyl groups is 1. The van der Waals surface area contributed by atoms with E-state index in [0.29, 0.717) is 5.75 Å². The van der Waals surface area contributed by atoms with Crippen molar-refractivity contribution in [2.45, 2.75) is 96.8 Å². The first-order valence-corrected chi connectivity index (χ1v) is 10.1. The first-order valence-electron chi connectivity index (χ1n) is 10.1. The maximum Gasteiger partial charge on any atom is 0.119 e. The van der Waals surface area contributed by atoms with Gasteiger partial charge in [-0.25, -0.2) is 0 Å². The molecule has 1 N–H and O–H groups in total. The lowest BCUT2D eigenvalue weighted by atomic mass is 10.0. The summed E-state index contributed by atoms with van der Waals surface area (Å²) in [6, 6.07) is 5.49. The van der Waals surface area contributed by atoms with Crippen LogP contribution in [0.3, 0.4) is 0 Å². The summed E-state index contributed by atoms with van der Waals surface area (Å²) < 4.78 is 5.22. The summed E-state index contributed by atoms with van der Waals surface area (Å²) in [6.45, 7) is 2.28. The van der Waals surface area contributed by atoms with Crippen LogP contribution in [0, 0.1) is 0 Å². The highest BCUT2D eigenvalue weighted by Crippen LogP contribution is 2.24. The fourth-order valence-electron chi connectivity index (χ4n) is 3.22. The van der Waals surface area contributed by atoms with Crippen molar-refractivity contribution >= 4 is 0 Å². The number of rotatable bonds is 15. The number of methoxy groups -OCH3 is 1. The molecule has 0 radical (unpaired) electrons. The highest BCUT2D eigenvalue weighted by molar-refractivity contribution is 5.39. The highest BCUT2D eigenvalue weighted by Gasteiger charge is 2.03. The molecule has 0 aromatic heterocycles. The lowest BCUT2D eigenvalue weighted by Gasteiger charge is -2.07. The molecule has 0 saturated carbocycles. The van der Waals surface area contributed by atoms with Crippen LogP contribution in [0.2, 0.25) is 0 Å². The zero-order chi connectivity index (χ0) is 17.5. The van der Waals surface area contributed by atoms with Crippen molar-refractivity contribution < 1.29 is 9.84 Å². The third-order valence-electron chi connectivity index (χ3n) is 4.84. The topological polar surface area (TPSA) is 29.5 Å². The van der Waals surface area contributed by atoms with Crippen LogP contribution in [-0.4, -0.2) is 12.2 Å². The molecule has 0 saturated heterocycles. The van der Waals surface area contributed by atoms with Crippen LogP contribution >= 0.6 is 0 Å². The maximum atomic E-state index is 9.87. The number of unbranched alkanes of at least 4 members (excludes halogenated alkanes) is 12. The molecule has 0 heterocycles. The zero-order valence-electron chi connectivity index (χ0n) is 16.0. The van der Waals surface area contributed by atoms with Gasteiger partial charge < -0.3 is 9.84 Å². The molecule has 0 unspecified atom stereocenters. The number of aryl methyl sites for hydroxylation is 1. The summed E-state index contributed by atoms with van der Waals surface area (Å²) in [5, 5.41) is 9.87. The highest BCUT2D eigenvalue weighted by atomic mass is 16.5. The van der Waals surface area contributed by atoms with Crippen LogP contribution in [-0.2, 0) is 6.42 Å². The molecule has 138 valence electrons. The Labute approximate surface area is 149 Å². The number of hydrogen-bond donors (Lipinski definition) is 1. The Kier molecular flexibility index (Phi) is 12.3. The normalized spacial score (nSPS) is 10.9. The van der Waals surface area contributed by atoms with E-state index in [0.717, 1.165) is 24.2 Å². The minimum Gasteiger partial charge on any atom is -0.508 e. The fourth-order valence-corrected chi connectivity index (χ4v) is 3.22. The SMILES string of the molecule is CCCCCCCCCCCCCCCc1cc(OC)ccc1O. The third-order valence-corrected chi connectivity index (χ3v) is 4.84. The predicted octanol–water partition coefficient (Wildman–Crippen LogP) is 7.03. The van der Waals surface area contributed by atoms with E-state index in [1.165, 1.54) is 77.0 Å². The summed E-state index contributed by atoms with van der Waals surface area (Å²) in [7, 11) is 1.67. The third kappa shape index (κ3) is 9.85. The van der Waals surface area contributed by atoms with Gasteiger partial charge >= 0.3 is 0 Å². The number of benzene rings is 1. The second-order valence-corrected chi connectivity index (χ2v) is 6.99. The van der Waals surface area contributed by atoms with Crippen LogP contribution in [0.1, 0.15) is 96.0 Å². The van der Waals surface area contributed by atoms with Crippen LogP contribution in [0.25, 0.3) is 0 Å². The minimum absolute atomic E-state index is 0.398. The molecule has 0 spiro atoms. The van der Waals surface area contributed by atoms with Gasteiger partial charge in [-0.1, -0.05) is 84.0 Å². The average Bonchev–Trinajstić information content (AvgIpc) is 2.60. The van der Waals surface area contributed by atoms with Crippen molar-refractivity contribution in [3.8, 4) is 11.5 Å². The molecule has 0 fully saturated rings. The van der Waals surface area contributed by atoms with Gasteiger partial charge in [0.2, 0.25) is 0 Å². The van der Waals surface area contributed by atoms with Crippen molar-refractivity contribution in [1.29, 1.82) is 0 Å². The van der Waals surface area contributed by atoms with Gasteiger partial charge in [-0.2, -0.15) is 0 Å². The molecule has 0 amide bonds. The van der Waals surface area contributed by atoms with Gasteiger partial charge in [-0.3, -0.25) is 0 Å². The fraction of sp³-hybridized carbons (Fsp3) is 0.727. The number of phenols is 1. The first-order chi connectivity index (χ1) is 11.8. The largest absolute Gasteiger partial charge is 0.508 e. The molecule has 1 rings (SSSR count). The van der Waals surface area contributed by atoms with Crippen molar-refractivity contribution in [3.05, 3.63) is 23.8 Å². The number of hydrogen-bond acceptors (Lipinski definition) is 2. The predicted molar refractivity (Wildman–Crippen MR) is 104 cm³/mol. The van der Waals surface area contributed by atoms with Crippen LogP contribution in [0.4, 0.5) is 0 Å². The monoisotopic (exact) mass is 334 g/mol. The molecular formula is C22H38O2. The molecular weight excluding hydrogens is 296 g/mol. The van der Waals surface area contributed by atoms with Crippen molar-refractivity contribution in [1.82, 2.24) is 0 Å². The Bertz CT molecular complexity index is 414. The molecule has 0 aliphatic heterocycles. The quantitative estimate of drug-likeness (QED) is 0.349. The smallest absolute Gasteiger partial charge is 0.119 e. The minimum atomic E-state index is 0.398. The Morgan fingerprint density at radius 2 is 1.25 bits per heavy atom. The van der Waals surface area contributed by atoms with Crippen LogP contribution in [0.5, 0.6) is 11.5 Å². The van der Waals surface area contributed by atoms with E-state index in [4.69, 9.17) is 4.74 Å². The molecule has 2 heteroatoms. The molecule has 0 aliphatic rings. The van der Waals surface area contributed by atoms with E-state index in [1.807, 2.05) is 12.1 Å². The molecule has 1 aromatic rings. The van der Waals surface area contributed by atoms with E-state index in [-0.39, 0.29) is 0 Å². The van der Waals surface area contributed by atoms with E-state index >= 15 is 0 Å². The van der Waals surface area contributed by atoms with Crippen molar-refractivity contribution in [2.75, 3.05) is 7.11 Å². The number of ether oxygens (including phenoxy) is 1. The van der Waals surface area contributed by atoms with Crippen LogP contribution < -0.4 is 4.74 Å². The first kappa shape index (κ1) is 20.9. The van der Waals surface area contributed by atoms with Gasteiger partial charge in [0.25, 0.3) is 0 Å². The summed E-state index contributed by atoms with van der Waals surface area (Å²) >= 11 is 0. The summed E-state index contributed by atoms with van der Waals surface area (Å²) in [5.41, 5.74) is 1.01. The zero-order valence-corrected chi connectivity index (χ0v) is 16.0. The molecule has 0 bridgehead atoms. The van der Waals surface area contributed by atoms with Gasteiger partial charge in [-0.15, -0.1) is 0 Å². The van der Waals surface area contributed by atoms with Crippen molar-refractivity contribution in [2.24, 2.45) is 0 Å². The second kappa shape index (κ2) is 14.2. The Balaban J connectivity index is 1.92. The lowest BCUT2D eigenvalue weighted by Crippen LogP contribution is -1.90. The Hall–Kier alpha value is -1.18. The van der Waals surface area contributed by atoms with Gasteiger partial charge in [0.15, 0.2) is 0 Å². The molecule has 0 aliphatic carbocycles. The maximum absolute atomic E-state index is 9.87. The Morgan fingerprint density at radius 3 is 1.75 bits per heavy atom. The molecule has 0 atom stereocenters. The van der Waals surface area contributed by atoms with E-state index in [9.17, 15) is 5.11 Å². The van der Waals surface area contributed by atoms with Crippen molar-refractivity contribution in [3.63, 3.8) is 0 Å². The molecule has 24 heavy (non-hydrogen) atoms. The summed E-state index contributed by atoms with van der Waals surface area (Å²) in [4.78, 5) is 0.